The predicted molar refractivity (Wildman–Crippen MR) is 58.2 cm³/mol. The van der Waals surface area contributed by atoms with E-state index in [0.717, 1.165) is 6.20 Å². The fraction of sp³-hybridized carbons (Fsp3) is 0. The highest BCUT2D eigenvalue weighted by Crippen LogP contribution is 2.25. The van der Waals surface area contributed by atoms with Gasteiger partial charge < -0.3 is 25.1 Å². The maximum absolute atomic E-state index is 10.4. The van der Waals surface area contributed by atoms with Gasteiger partial charge in [-0.25, -0.2) is 0 Å². The summed E-state index contributed by atoms with van der Waals surface area (Å²) in [7, 11) is 0. The molecule has 17 heavy (non-hydrogen) atoms. The van der Waals surface area contributed by atoms with Crippen molar-refractivity contribution < 1.29 is 19.8 Å². The molecular formula is C10H5Cl2NO4-2. The topological polar surface area (TPSA) is 92.3 Å². The quantitative estimate of drug-likeness (QED) is 0.466. The van der Waals surface area contributed by atoms with Crippen molar-refractivity contribution in [1.29, 1.82) is 0 Å². The number of nitrogens with one attached hydrogen (secondary N) is 1. The largest absolute Gasteiger partial charge is 0.545 e. The van der Waals surface area contributed by atoms with Gasteiger partial charge in [0.2, 0.25) is 0 Å². The fourth-order valence-electron chi connectivity index (χ4n) is 0.958. The molecule has 0 aliphatic rings. The highest BCUT2D eigenvalue weighted by atomic mass is 35.5. The minimum absolute atomic E-state index is 0.213. The monoisotopic (exact) mass is 273 g/mol. The Morgan fingerprint density at radius 1 is 1.18 bits per heavy atom. The lowest BCUT2D eigenvalue weighted by Crippen LogP contribution is -2.36. The Balaban J connectivity index is 2.95. The molecule has 0 unspecified atom stereocenters. The Morgan fingerprint density at radius 3 is 2.24 bits per heavy atom. The second-order valence-electron chi connectivity index (χ2n) is 2.90. The van der Waals surface area contributed by atoms with Crippen LogP contribution in [0, 0.1) is 0 Å². The van der Waals surface area contributed by atoms with Crippen LogP contribution in [0.2, 0.25) is 10.0 Å². The molecule has 0 fully saturated rings. The Hall–Kier alpha value is -1.72. The average molecular weight is 274 g/mol. The van der Waals surface area contributed by atoms with Crippen molar-refractivity contribution >= 4 is 40.8 Å². The van der Waals surface area contributed by atoms with Crippen molar-refractivity contribution in [2.75, 3.05) is 5.32 Å². The van der Waals surface area contributed by atoms with Gasteiger partial charge in [-0.3, -0.25) is 0 Å². The van der Waals surface area contributed by atoms with E-state index in [1.54, 1.807) is 0 Å². The van der Waals surface area contributed by atoms with Gasteiger partial charge in [0, 0.05) is 16.8 Å². The van der Waals surface area contributed by atoms with Gasteiger partial charge in [-0.05, 0) is 18.2 Å². The number of aliphatic carboxylic acids is 2. The molecule has 0 aliphatic carbocycles. The van der Waals surface area contributed by atoms with Crippen LogP contribution < -0.4 is 15.5 Å². The lowest BCUT2D eigenvalue weighted by atomic mass is 10.3. The number of benzene rings is 1. The minimum atomic E-state index is -1.86. The number of anilines is 1. The summed E-state index contributed by atoms with van der Waals surface area (Å²) in [5.74, 6) is -3.72. The molecule has 0 spiro atoms. The van der Waals surface area contributed by atoms with Crippen LogP contribution in [-0.4, -0.2) is 11.9 Å². The lowest BCUT2D eigenvalue weighted by molar-refractivity contribution is -0.312. The Kier molecular flexibility index (Phi) is 4.37. The summed E-state index contributed by atoms with van der Waals surface area (Å²) in [6.07, 6.45) is 0.722. The molecule has 5 nitrogen and oxygen atoms in total. The van der Waals surface area contributed by atoms with Gasteiger partial charge in [0.15, 0.2) is 0 Å². The molecule has 0 aliphatic heterocycles. The molecule has 0 saturated heterocycles. The van der Waals surface area contributed by atoms with Gasteiger partial charge in [0.25, 0.3) is 0 Å². The van der Waals surface area contributed by atoms with Crippen molar-refractivity contribution in [2.45, 2.75) is 0 Å². The summed E-state index contributed by atoms with van der Waals surface area (Å²) in [4.78, 5) is 20.8. The lowest BCUT2D eigenvalue weighted by Gasteiger charge is -2.11. The highest BCUT2D eigenvalue weighted by molar-refractivity contribution is 6.36. The summed E-state index contributed by atoms with van der Waals surface area (Å²) in [6.45, 7) is 0. The third kappa shape index (κ3) is 3.65. The molecule has 0 heterocycles. The molecule has 7 heteroatoms. The molecule has 0 bridgehead atoms. The first-order chi connectivity index (χ1) is 7.91. The Bertz CT molecular complexity index is 483. The van der Waals surface area contributed by atoms with E-state index in [2.05, 4.69) is 5.32 Å². The number of carbonyl (C=O) groups is 2. The second kappa shape index (κ2) is 5.56. The predicted octanol–water partition coefficient (Wildman–Crippen LogP) is -0.211. The van der Waals surface area contributed by atoms with Crippen LogP contribution >= 0.6 is 23.2 Å². The molecular weight excluding hydrogens is 269 g/mol. The van der Waals surface area contributed by atoms with Gasteiger partial charge in [-0.2, -0.15) is 0 Å². The summed E-state index contributed by atoms with van der Waals surface area (Å²) in [5, 5.41) is 23.8. The van der Waals surface area contributed by atoms with E-state index in [1.807, 2.05) is 0 Å². The number of hydrogen-bond acceptors (Lipinski definition) is 5. The van der Waals surface area contributed by atoms with E-state index < -0.39 is 17.5 Å². The molecule has 0 saturated carbocycles. The van der Waals surface area contributed by atoms with Crippen LogP contribution in [0.4, 0.5) is 5.69 Å². The third-order valence-electron chi connectivity index (χ3n) is 1.74. The number of carboxylic acids is 2. The molecule has 0 radical (unpaired) electrons. The maximum Gasteiger partial charge on any atom is 0.0748 e. The van der Waals surface area contributed by atoms with Crippen molar-refractivity contribution in [3.8, 4) is 0 Å². The van der Waals surface area contributed by atoms with Gasteiger partial charge in [-0.1, -0.05) is 23.2 Å². The Labute approximate surface area is 106 Å². The van der Waals surface area contributed by atoms with E-state index in [-0.39, 0.29) is 5.02 Å². The van der Waals surface area contributed by atoms with E-state index in [9.17, 15) is 19.8 Å². The van der Waals surface area contributed by atoms with Crippen LogP contribution in [0.1, 0.15) is 0 Å². The standard InChI is InChI=1S/C10H7Cl2NO4/c11-5-1-2-8(7(12)3-5)13-4-6(9(14)15)10(16)17/h1-4,13H,(H,14,15)(H,16,17)/p-2. The highest BCUT2D eigenvalue weighted by Gasteiger charge is 2.02. The van der Waals surface area contributed by atoms with Crippen molar-refractivity contribution in [2.24, 2.45) is 0 Å². The first kappa shape index (κ1) is 13.3. The molecule has 1 aromatic carbocycles. The Morgan fingerprint density at radius 2 is 1.76 bits per heavy atom. The average Bonchev–Trinajstić information content (AvgIpc) is 2.20. The number of rotatable bonds is 4. The smallest absolute Gasteiger partial charge is 0.0748 e. The zero-order valence-electron chi connectivity index (χ0n) is 8.20. The third-order valence-corrected chi connectivity index (χ3v) is 2.29. The normalized spacial score (nSPS) is 9.53. The molecule has 0 aromatic heterocycles. The summed E-state index contributed by atoms with van der Waals surface area (Å²) < 4.78 is 0. The molecule has 0 atom stereocenters. The van der Waals surface area contributed by atoms with E-state index in [4.69, 9.17) is 23.2 Å². The van der Waals surface area contributed by atoms with Crippen LogP contribution in [0.3, 0.4) is 0 Å². The van der Waals surface area contributed by atoms with Crippen LogP contribution in [0.25, 0.3) is 0 Å². The van der Waals surface area contributed by atoms with Gasteiger partial charge >= 0.3 is 0 Å². The molecule has 0 amide bonds. The zero-order chi connectivity index (χ0) is 13.0. The SMILES string of the molecule is O=C([O-])C(=CNc1ccc(Cl)cc1Cl)C(=O)[O-]. The van der Waals surface area contributed by atoms with Gasteiger partial charge in [0.05, 0.1) is 22.6 Å². The van der Waals surface area contributed by atoms with Gasteiger partial charge in [0.1, 0.15) is 0 Å². The fourth-order valence-corrected chi connectivity index (χ4v) is 1.42. The summed E-state index contributed by atoms with van der Waals surface area (Å²) in [6, 6.07) is 4.38. The van der Waals surface area contributed by atoms with E-state index in [1.165, 1.54) is 18.2 Å². The number of carboxylic acid groups (broad SMARTS) is 2. The minimum Gasteiger partial charge on any atom is -0.545 e. The maximum atomic E-state index is 10.4. The van der Waals surface area contributed by atoms with Crippen molar-refractivity contribution in [3.63, 3.8) is 0 Å². The summed E-state index contributed by atoms with van der Waals surface area (Å²) in [5.41, 5.74) is -0.716. The van der Waals surface area contributed by atoms with Crippen molar-refractivity contribution in [3.05, 3.63) is 40.0 Å². The summed E-state index contributed by atoms with van der Waals surface area (Å²) >= 11 is 11.4. The first-order valence-electron chi connectivity index (χ1n) is 4.26. The molecule has 1 N–H and O–H groups in total. The van der Waals surface area contributed by atoms with Crippen molar-refractivity contribution in [1.82, 2.24) is 0 Å². The second-order valence-corrected chi connectivity index (χ2v) is 3.75. The van der Waals surface area contributed by atoms with Gasteiger partial charge in [-0.15, -0.1) is 0 Å². The van der Waals surface area contributed by atoms with Crippen LogP contribution in [0.5, 0.6) is 0 Å². The van der Waals surface area contributed by atoms with Crippen LogP contribution in [0.15, 0.2) is 30.0 Å². The van der Waals surface area contributed by atoms with E-state index in [0.29, 0.717) is 10.7 Å². The van der Waals surface area contributed by atoms with E-state index >= 15 is 0 Å². The molecule has 1 aromatic rings. The zero-order valence-corrected chi connectivity index (χ0v) is 9.71. The first-order valence-corrected chi connectivity index (χ1v) is 5.02. The number of halogens is 2. The number of carbonyl (C=O) groups excluding carboxylic acids is 2. The number of hydrogen-bond donors (Lipinski definition) is 1. The van der Waals surface area contributed by atoms with Crippen LogP contribution in [-0.2, 0) is 9.59 Å². The molecule has 90 valence electrons. The molecule has 1 rings (SSSR count).